The summed E-state index contributed by atoms with van der Waals surface area (Å²) in [6.07, 6.45) is 1.15. The van der Waals surface area contributed by atoms with E-state index in [0.717, 1.165) is 0 Å². The van der Waals surface area contributed by atoms with E-state index in [9.17, 15) is 9.18 Å². The molecule has 1 aromatic rings. The molecule has 1 N–H and O–H groups in total. The van der Waals surface area contributed by atoms with Gasteiger partial charge < -0.3 is 5.32 Å². The number of halogens is 1. The fraction of sp³-hybridized carbons (Fsp3) is 0.385. The average Bonchev–Trinajstić information content (AvgIpc) is 2.24. The fourth-order valence-corrected chi connectivity index (χ4v) is 2.27. The molecule has 0 radical (unpaired) electrons. The number of carbonyl (C=O) groups excluding carboxylic acids is 1. The van der Waals surface area contributed by atoms with E-state index in [2.05, 4.69) is 11.4 Å². The number of nitrogens with one attached hydrogen (secondary N) is 1. The molecule has 0 atom stereocenters. The van der Waals surface area contributed by atoms with Crippen LogP contribution in [0.25, 0.3) is 0 Å². The molecular weight excluding hydrogens is 219 g/mol. The van der Waals surface area contributed by atoms with Crippen molar-refractivity contribution in [1.82, 2.24) is 0 Å². The van der Waals surface area contributed by atoms with E-state index in [1.807, 2.05) is 6.92 Å². The van der Waals surface area contributed by atoms with Crippen molar-refractivity contribution in [2.24, 2.45) is 11.3 Å². The van der Waals surface area contributed by atoms with Crippen LogP contribution in [-0.4, -0.2) is 5.91 Å². The predicted octanol–water partition coefficient (Wildman–Crippen LogP) is 2.70. The van der Waals surface area contributed by atoms with E-state index < -0.39 is 11.2 Å². The van der Waals surface area contributed by atoms with Crippen molar-refractivity contribution >= 4 is 11.6 Å². The Hall–Kier alpha value is -1.89. The molecule has 0 unspecified atom stereocenters. The van der Waals surface area contributed by atoms with Gasteiger partial charge in [-0.1, -0.05) is 13.0 Å². The topological polar surface area (TPSA) is 52.9 Å². The Balaban J connectivity index is 2.10. The highest BCUT2D eigenvalue weighted by molar-refractivity contribution is 5.97. The highest BCUT2D eigenvalue weighted by Gasteiger charge is 2.48. The summed E-state index contributed by atoms with van der Waals surface area (Å²) in [4.78, 5) is 11.9. The first-order chi connectivity index (χ1) is 8.05. The standard InChI is InChI=1S/C13H13FN2O/c1-9-6-13(7-9,8-15)12(17)16-11-4-2-3-10(14)5-11/h2-5,9H,6-7H2,1H3,(H,16,17). The van der Waals surface area contributed by atoms with Crippen molar-refractivity contribution in [1.29, 1.82) is 5.26 Å². The molecule has 0 spiro atoms. The number of hydrogen-bond donors (Lipinski definition) is 1. The third-order valence-electron chi connectivity index (χ3n) is 3.12. The monoisotopic (exact) mass is 232 g/mol. The minimum atomic E-state index is -0.925. The molecule has 1 amide bonds. The molecule has 0 saturated heterocycles. The first-order valence-corrected chi connectivity index (χ1v) is 5.54. The Morgan fingerprint density at radius 3 is 2.82 bits per heavy atom. The minimum Gasteiger partial charge on any atom is -0.325 e. The van der Waals surface area contributed by atoms with Gasteiger partial charge in [0.15, 0.2) is 0 Å². The van der Waals surface area contributed by atoms with Gasteiger partial charge in [-0.15, -0.1) is 0 Å². The van der Waals surface area contributed by atoms with Gasteiger partial charge >= 0.3 is 0 Å². The van der Waals surface area contributed by atoms with E-state index in [4.69, 9.17) is 5.26 Å². The number of nitrogens with zero attached hydrogens (tertiary/aromatic N) is 1. The van der Waals surface area contributed by atoms with E-state index >= 15 is 0 Å². The molecule has 2 rings (SSSR count). The van der Waals surface area contributed by atoms with Gasteiger partial charge in [0.05, 0.1) is 6.07 Å². The molecule has 0 bridgehead atoms. The Bertz CT molecular complexity index is 486. The summed E-state index contributed by atoms with van der Waals surface area (Å²) in [5.41, 5.74) is -0.532. The highest BCUT2D eigenvalue weighted by Crippen LogP contribution is 2.45. The van der Waals surface area contributed by atoms with Crippen LogP contribution in [-0.2, 0) is 4.79 Å². The number of nitriles is 1. The summed E-state index contributed by atoms with van der Waals surface area (Å²) < 4.78 is 12.9. The maximum absolute atomic E-state index is 12.9. The molecule has 1 fully saturated rings. The highest BCUT2D eigenvalue weighted by atomic mass is 19.1. The summed E-state index contributed by atoms with van der Waals surface area (Å²) in [6.45, 7) is 2.01. The molecule has 3 nitrogen and oxygen atoms in total. The zero-order valence-electron chi connectivity index (χ0n) is 9.53. The van der Waals surface area contributed by atoms with Crippen LogP contribution in [0, 0.1) is 28.5 Å². The molecule has 1 aliphatic rings. The summed E-state index contributed by atoms with van der Waals surface area (Å²) >= 11 is 0. The lowest BCUT2D eigenvalue weighted by atomic mass is 9.63. The Labute approximate surface area is 99.2 Å². The Morgan fingerprint density at radius 2 is 2.29 bits per heavy atom. The molecule has 88 valence electrons. The van der Waals surface area contributed by atoms with Crippen LogP contribution in [0.5, 0.6) is 0 Å². The van der Waals surface area contributed by atoms with Crippen molar-refractivity contribution in [3.05, 3.63) is 30.1 Å². The van der Waals surface area contributed by atoms with E-state index in [0.29, 0.717) is 24.4 Å². The smallest absolute Gasteiger partial charge is 0.244 e. The summed E-state index contributed by atoms with van der Waals surface area (Å²) in [7, 11) is 0. The summed E-state index contributed by atoms with van der Waals surface area (Å²) in [5, 5.41) is 11.7. The van der Waals surface area contributed by atoms with Crippen LogP contribution in [0.1, 0.15) is 19.8 Å². The predicted molar refractivity (Wildman–Crippen MR) is 61.5 cm³/mol. The van der Waals surface area contributed by atoms with Gasteiger partial charge in [-0.3, -0.25) is 4.79 Å². The molecule has 0 aromatic heterocycles. The van der Waals surface area contributed by atoms with Crippen LogP contribution in [0.3, 0.4) is 0 Å². The molecule has 1 aromatic carbocycles. The number of rotatable bonds is 2. The van der Waals surface area contributed by atoms with Crippen LogP contribution in [0.4, 0.5) is 10.1 Å². The van der Waals surface area contributed by atoms with Gasteiger partial charge in [0.2, 0.25) is 5.91 Å². The lowest BCUT2D eigenvalue weighted by molar-refractivity contribution is -0.128. The lowest BCUT2D eigenvalue weighted by Gasteiger charge is -2.39. The van der Waals surface area contributed by atoms with E-state index in [1.54, 1.807) is 6.07 Å². The summed E-state index contributed by atoms with van der Waals surface area (Å²) in [5.74, 6) is -0.340. The third-order valence-corrected chi connectivity index (χ3v) is 3.12. The summed E-state index contributed by atoms with van der Waals surface area (Å²) in [6, 6.07) is 7.75. The molecule has 1 aliphatic carbocycles. The second-order valence-corrected chi connectivity index (χ2v) is 4.67. The second kappa shape index (κ2) is 4.17. The minimum absolute atomic E-state index is 0.330. The molecule has 0 aliphatic heterocycles. The second-order valence-electron chi connectivity index (χ2n) is 4.67. The third kappa shape index (κ3) is 2.14. The first kappa shape index (κ1) is 11.6. The molecule has 4 heteroatoms. The fourth-order valence-electron chi connectivity index (χ4n) is 2.27. The quantitative estimate of drug-likeness (QED) is 0.852. The van der Waals surface area contributed by atoms with Crippen molar-refractivity contribution in [3.63, 3.8) is 0 Å². The van der Waals surface area contributed by atoms with E-state index in [1.165, 1.54) is 18.2 Å². The van der Waals surface area contributed by atoms with Crippen molar-refractivity contribution in [3.8, 4) is 6.07 Å². The van der Waals surface area contributed by atoms with Gasteiger partial charge in [0.1, 0.15) is 11.2 Å². The van der Waals surface area contributed by atoms with Crippen LogP contribution < -0.4 is 5.32 Å². The van der Waals surface area contributed by atoms with Crippen LogP contribution in [0.2, 0.25) is 0 Å². The molecular formula is C13H13FN2O. The number of hydrogen-bond acceptors (Lipinski definition) is 2. The van der Waals surface area contributed by atoms with Crippen LogP contribution >= 0.6 is 0 Å². The number of anilines is 1. The Morgan fingerprint density at radius 1 is 1.59 bits per heavy atom. The van der Waals surface area contributed by atoms with Crippen molar-refractivity contribution in [2.45, 2.75) is 19.8 Å². The van der Waals surface area contributed by atoms with Gasteiger partial charge in [-0.05, 0) is 37.0 Å². The van der Waals surface area contributed by atoms with Gasteiger partial charge in [0, 0.05) is 5.69 Å². The van der Waals surface area contributed by atoms with Crippen LogP contribution in [0.15, 0.2) is 24.3 Å². The largest absolute Gasteiger partial charge is 0.325 e. The van der Waals surface area contributed by atoms with Gasteiger partial charge in [-0.2, -0.15) is 5.26 Å². The van der Waals surface area contributed by atoms with Gasteiger partial charge in [0.25, 0.3) is 0 Å². The number of carbonyl (C=O) groups is 1. The molecule has 0 heterocycles. The normalized spacial score (nSPS) is 26.8. The van der Waals surface area contributed by atoms with E-state index in [-0.39, 0.29) is 5.91 Å². The molecule has 1 saturated carbocycles. The van der Waals surface area contributed by atoms with Crippen molar-refractivity contribution < 1.29 is 9.18 Å². The number of amides is 1. The SMILES string of the molecule is CC1CC(C#N)(C(=O)Nc2cccc(F)c2)C1. The first-order valence-electron chi connectivity index (χ1n) is 5.54. The maximum atomic E-state index is 12.9. The average molecular weight is 232 g/mol. The number of benzene rings is 1. The van der Waals surface area contributed by atoms with Gasteiger partial charge in [-0.25, -0.2) is 4.39 Å². The Kier molecular flexibility index (Phi) is 2.84. The zero-order chi connectivity index (χ0) is 12.5. The molecule has 17 heavy (non-hydrogen) atoms. The zero-order valence-corrected chi connectivity index (χ0v) is 9.53. The maximum Gasteiger partial charge on any atom is 0.244 e. The lowest BCUT2D eigenvalue weighted by Crippen LogP contribution is -2.45. The van der Waals surface area contributed by atoms with Crippen molar-refractivity contribution in [2.75, 3.05) is 5.32 Å².